The largest absolute Gasteiger partial charge is 0.381 e. The molecule has 0 spiro atoms. The predicted molar refractivity (Wildman–Crippen MR) is 218 cm³/mol. The fraction of sp³-hybridized carbons (Fsp3) is 0.409. The third kappa shape index (κ3) is 8.75. The van der Waals surface area contributed by atoms with E-state index in [1.807, 2.05) is 15.8 Å². The van der Waals surface area contributed by atoms with E-state index in [1.165, 1.54) is 11.1 Å². The number of nitrogens with one attached hydrogen (secondary N) is 1. The van der Waals surface area contributed by atoms with Gasteiger partial charge in [-0.05, 0) is 98.3 Å². The number of anilines is 1. The van der Waals surface area contributed by atoms with Gasteiger partial charge in [-0.3, -0.25) is 14.5 Å². The summed E-state index contributed by atoms with van der Waals surface area (Å²) in [6.07, 6.45) is 4.35. The lowest BCUT2D eigenvalue weighted by atomic mass is 9.96. The average molecular weight is 743 g/mol. The summed E-state index contributed by atoms with van der Waals surface area (Å²) < 4.78 is 7.63. The summed E-state index contributed by atoms with van der Waals surface area (Å²) in [5.74, 6) is -0.763. The molecule has 0 atom stereocenters. The van der Waals surface area contributed by atoms with Crippen LogP contribution >= 0.6 is 0 Å². The maximum Gasteiger partial charge on any atom is 0.254 e. The van der Waals surface area contributed by atoms with Gasteiger partial charge in [0.1, 0.15) is 0 Å². The highest BCUT2D eigenvalue weighted by atomic mass is 16.5. The van der Waals surface area contributed by atoms with Crippen LogP contribution in [0.25, 0.3) is 22.2 Å². The summed E-state index contributed by atoms with van der Waals surface area (Å²) in [6.45, 7) is 14.3. The van der Waals surface area contributed by atoms with Crippen LogP contribution in [0.1, 0.15) is 75.4 Å². The number of likely N-dealkylation sites (N-methyl/N-ethyl adjacent to an activating group) is 1. The standard InChI is InChI=1S/C44H54N8O3/c1-5-40-39(41(47-36-15-21-55-22-16-36)38-26-46-52(6-2)43(38)48-40)29-51(44(54)35-12-8-11-34(25-35)42(45)53)28-32-14-13-30(3)37(24-32)33-10-7-9-31(23-33)27-50-19-17-49(4)18-20-50/h7-14,23-26,36H,5-6,15-22,27-29H2,1-4H3,(H2,45,53)(H,47,48). The first kappa shape index (κ1) is 38.2. The molecule has 2 aromatic heterocycles. The molecule has 2 aliphatic rings. The van der Waals surface area contributed by atoms with E-state index in [9.17, 15) is 9.59 Å². The maximum absolute atomic E-state index is 14.7. The second-order valence-electron chi connectivity index (χ2n) is 15.0. The molecule has 0 saturated carbocycles. The smallest absolute Gasteiger partial charge is 0.254 e. The molecule has 2 aliphatic heterocycles. The van der Waals surface area contributed by atoms with Gasteiger partial charge < -0.3 is 25.6 Å². The average Bonchev–Trinajstić information content (AvgIpc) is 3.63. The number of aryl methyl sites for hydroxylation is 3. The Kier molecular flexibility index (Phi) is 11.9. The molecule has 2 fully saturated rings. The van der Waals surface area contributed by atoms with Gasteiger partial charge in [-0.1, -0.05) is 43.3 Å². The van der Waals surface area contributed by atoms with E-state index >= 15 is 0 Å². The molecule has 0 unspecified atom stereocenters. The summed E-state index contributed by atoms with van der Waals surface area (Å²) in [7, 11) is 2.18. The van der Waals surface area contributed by atoms with Crippen molar-refractivity contribution in [2.24, 2.45) is 5.73 Å². The molecular formula is C44H54N8O3. The Morgan fingerprint density at radius 2 is 1.69 bits per heavy atom. The van der Waals surface area contributed by atoms with Crippen LogP contribution < -0.4 is 11.1 Å². The van der Waals surface area contributed by atoms with Gasteiger partial charge in [-0.25, -0.2) is 9.67 Å². The lowest BCUT2D eigenvalue weighted by Crippen LogP contribution is -2.43. The van der Waals surface area contributed by atoms with E-state index in [0.29, 0.717) is 50.4 Å². The number of nitrogens with zero attached hydrogens (tertiary/aromatic N) is 6. The van der Waals surface area contributed by atoms with Gasteiger partial charge in [-0.15, -0.1) is 0 Å². The molecular weight excluding hydrogens is 689 g/mol. The van der Waals surface area contributed by atoms with Gasteiger partial charge in [0.15, 0.2) is 5.65 Å². The van der Waals surface area contributed by atoms with E-state index in [2.05, 4.69) is 90.5 Å². The first-order chi connectivity index (χ1) is 26.7. The van der Waals surface area contributed by atoms with Gasteiger partial charge in [-0.2, -0.15) is 5.10 Å². The fourth-order valence-electron chi connectivity index (χ4n) is 7.86. The van der Waals surface area contributed by atoms with Gasteiger partial charge in [0, 0.05) is 87.5 Å². The van der Waals surface area contributed by atoms with Crippen molar-refractivity contribution in [3.63, 3.8) is 0 Å². The summed E-state index contributed by atoms with van der Waals surface area (Å²) >= 11 is 0. The van der Waals surface area contributed by atoms with E-state index in [0.717, 1.165) is 90.2 Å². The summed E-state index contributed by atoms with van der Waals surface area (Å²) in [4.78, 5) is 38.9. The van der Waals surface area contributed by atoms with Crippen molar-refractivity contribution in [2.75, 3.05) is 51.8 Å². The van der Waals surface area contributed by atoms with Gasteiger partial charge >= 0.3 is 0 Å². The molecule has 2 saturated heterocycles. The van der Waals surface area contributed by atoms with Crippen molar-refractivity contribution in [1.29, 1.82) is 0 Å². The number of pyridine rings is 1. The molecule has 4 heterocycles. The quantitative estimate of drug-likeness (QED) is 0.145. The highest BCUT2D eigenvalue weighted by Gasteiger charge is 2.26. The van der Waals surface area contributed by atoms with Crippen molar-refractivity contribution in [3.8, 4) is 11.1 Å². The highest BCUT2D eigenvalue weighted by molar-refractivity contribution is 5.99. The molecule has 2 amide bonds. The molecule has 288 valence electrons. The van der Waals surface area contributed by atoms with Crippen LogP contribution in [0.3, 0.4) is 0 Å². The Morgan fingerprint density at radius 1 is 0.927 bits per heavy atom. The van der Waals surface area contributed by atoms with E-state index in [-0.39, 0.29) is 11.9 Å². The minimum atomic E-state index is -0.571. The molecule has 5 aromatic rings. The highest BCUT2D eigenvalue weighted by Crippen LogP contribution is 2.34. The Balaban J connectivity index is 1.27. The zero-order valence-corrected chi connectivity index (χ0v) is 32.7. The van der Waals surface area contributed by atoms with Crippen LogP contribution in [0.2, 0.25) is 0 Å². The number of aromatic nitrogens is 3. The van der Waals surface area contributed by atoms with E-state index in [1.54, 1.807) is 24.3 Å². The number of carbonyl (C=O) groups excluding carboxylic acids is 2. The zero-order valence-electron chi connectivity index (χ0n) is 32.7. The molecule has 3 aromatic carbocycles. The first-order valence-corrected chi connectivity index (χ1v) is 19.7. The molecule has 0 radical (unpaired) electrons. The normalized spacial score (nSPS) is 15.7. The molecule has 0 aliphatic carbocycles. The van der Waals surface area contributed by atoms with Crippen molar-refractivity contribution >= 4 is 28.5 Å². The number of hydrogen-bond donors (Lipinski definition) is 2. The summed E-state index contributed by atoms with van der Waals surface area (Å²) in [6, 6.07) is 22.3. The van der Waals surface area contributed by atoms with Crippen molar-refractivity contribution in [2.45, 2.75) is 72.3 Å². The number of rotatable bonds is 13. The predicted octanol–water partition coefficient (Wildman–Crippen LogP) is 6.27. The summed E-state index contributed by atoms with van der Waals surface area (Å²) in [5.41, 5.74) is 15.9. The molecule has 11 nitrogen and oxygen atoms in total. The van der Waals surface area contributed by atoms with Crippen LogP contribution in [-0.2, 0) is 37.3 Å². The SMILES string of the molecule is CCc1nc2c(cnn2CC)c(NC2CCOCC2)c1CN(Cc1ccc(C)c(-c2cccc(CN3CCN(C)CC3)c2)c1)C(=O)c1cccc(C(N)=O)c1. The number of fused-ring (bicyclic) bond motifs is 1. The second kappa shape index (κ2) is 17.1. The molecule has 3 N–H and O–H groups in total. The monoisotopic (exact) mass is 742 g/mol. The maximum atomic E-state index is 14.7. The minimum absolute atomic E-state index is 0.192. The molecule has 0 bridgehead atoms. The number of benzene rings is 3. The number of primary amides is 1. The minimum Gasteiger partial charge on any atom is -0.381 e. The van der Waals surface area contributed by atoms with Crippen molar-refractivity contribution in [3.05, 3.63) is 112 Å². The topological polar surface area (TPSA) is 122 Å². The second-order valence-corrected chi connectivity index (χ2v) is 15.0. The Bertz CT molecular complexity index is 2150. The van der Waals surface area contributed by atoms with Gasteiger partial charge in [0.25, 0.3) is 5.91 Å². The third-order valence-electron chi connectivity index (χ3n) is 11.1. The molecule has 55 heavy (non-hydrogen) atoms. The van der Waals surface area contributed by atoms with Crippen LogP contribution in [0.15, 0.2) is 72.9 Å². The first-order valence-electron chi connectivity index (χ1n) is 19.7. The lowest BCUT2D eigenvalue weighted by molar-refractivity contribution is 0.0730. The van der Waals surface area contributed by atoms with E-state index in [4.69, 9.17) is 15.5 Å². The lowest BCUT2D eigenvalue weighted by Gasteiger charge is -2.32. The van der Waals surface area contributed by atoms with Crippen molar-refractivity contribution in [1.82, 2.24) is 29.5 Å². The number of nitrogens with two attached hydrogens (primary N) is 1. The number of carbonyl (C=O) groups is 2. The molecule has 7 rings (SSSR count). The van der Waals surface area contributed by atoms with Gasteiger partial charge in [0.05, 0.1) is 23.8 Å². The zero-order chi connectivity index (χ0) is 38.5. The number of ether oxygens (including phenoxy) is 1. The van der Waals surface area contributed by atoms with Crippen LogP contribution in [0.5, 0.6) is 0 Å². The Hall–Kier alpha value is -5.10. The fourth-order valence-corrected chi connectivity index (χ4v) is 7.86. The number of piperazine rings is 1. The summed E-state index contributed by atoms with van der Waals surface area (Å²) in [5, 5.41) is 9.50. The van der Waals surface area contributed by atoms with Crippen LogP contribution in [0, 0.1) is 6.92 Å². The Morgan fingerprint density at radius 3 is 2.44 bits per heavy atom. The Labute approximate surface area is 324 Å². The van der Waals surface area contributed by atoms with Crippen LogP contribution in [-0.4, -0.2) is 93.8 Å². The number of amides is 2. The van der Waals surface area contributed by atoms with Crippen LogP contribution in [0.4, 0.5) is 5.69 Å². The third-order valence-corrected chi connectivity index (χ3v) is 11.1. The number of hydrogen-bond acceptors (Lipinski definition) is 8. The molecule has 11 heteroatoms. The van der Waals surface area contributed by atoms with Crippen molar-refractivity contribution < 1.29 is 14.3 Å². The van der Waals surface area contributed by atoms with Gasteiger partial charge in [0.2, 0.25) is 5.91 Å². The van der Waals surface area contributed by atoms with E-state index < -0.39 is 5.91 Å².